The monoisotopic (exact) mass is 454 g/mol. The lowest BCUT2D eigenvalue weighted by Gasteiger charge is -2.17. The molecule has 32 heavy (non-hydrogen) atoms. The Morgan fingerprint density at radius 1 is 1.06 bits per heavy atom. The third-order valence-electron chi connectivity index (χ3n) is 5.82. The number of benzene rings is 2. The third kappa shape index (κ3) is 4.40. The summed E-state index contributed by atoms with van der Waals surface area (Å²) < 4.78 is 24.9. The lowest BCUT2D eigenvalue weighted by atomic mass is 10.1. The van der Waals surface area contributed by atoms with Crippen LogP contribution in [0.3, 0.4) is 0 Å². The summed E-state index contributed by atoms with van der Waals surface area (Å²) in [4.78, 5) is 6.03. The van der Waals surface area contributed by atoms with E-state index in [1.165, 1.54) is 0 Å². The van der Waals surface area contributed by atoms with E-state index in [2.05, 4.69) is 42.0 Å². The molecule has 1 fully saturated rings. The Morgan fingerprint density at radius 2 is 1.75 bits per heavy atom. The van der Waals surface area contributed by atoms with Gasteiger partial charge in [0.25, 0.3) is 0 Å². The van der Waals surface area contributed by atoms with Gasteiger partial charge in [-0.3, -0.25) is 0 Å². The summed E-state index contributed by atoms with van der Waals surface area (Å²) in [7, 11) is 4.89. The number of thiazole rings is 1. The number of para-hydroxylation sites is 1. The smallest absolute Gasteiger partial charge is 0.203 e. The second-order valence-electron chi connectivity index (χ2n) is 7.92. The fourth-order valence-corrected chi connectivity index (χ4v) is 5.05. The first-order valence-corrected chi connectivity index (χ1v) is 11.6. The Kier molecular flexibility index (Phi) is 6.86. The molecular formula is C25H30N2O4S. The van der Waals surface area contributed by atoms with Crippen LogP contribution >= 0.6 is 11.3 Å². The fourth-order valence-electron chi connectivity index (χ4n) is 4.12. The topological polar surface area (TPSA) is 54.2 Å². The lowest BCUT2D eigenvalue weighted by Crippen LogP contribution is -2.24. The summed E-state index contributed by atoms with van der Waals surface area (Å²) >= 11 is 1.63. The van der Waals surface area contributed by atoms with E-state index in [9.17, 15) is 0 Å². The van der Waals surface area contributed by atoms with Gasteiger partial charge in [-0.2, -0.15) is 0 Å². The van der Waals surface area contributed by atoms with E-state index in [4.69, 9.17) is 23.9 Å². The number of hydrogen-bond acceptors (Lipinski definition) is 6. The van der Waals surface area contributed by atoms with E-state index in [0.29, 0.717) is 17.2 Å². The van der Waals surface area contributed by atoms with Crippen molar-refractivity contribution in [3.05, 3.63) is 51.6 Å². The maximum atomic E-state index is 5.97. The highest BCUT2D eigenvalue weighted by Crippen LogP contribution is 2.41. The molecule has 0 bridgehead atoms. The molecule has 1 aliphatic heterocycles. The molecule has 0 aliphatic carbocycles. The zero-order valence-corrected chi connectivity index (χ0v) is 20.1. The maximum Gasteiger partial charge on any atom is 0.203 e. The average molecular weight is 455 g/mol. The van der Waals surface area contributed by atoms with Crippen LogP contribution in [-0.4, -0.2) is 38.6 Å². The molecule has 1 aromatic heterocycles. The minimum absolute atomic E-state index is 0.183. The summed E-state index contributed by atoms with van der Waals surface area (Å²) in [6.45, 7) is 5.77. The quantitative estimate of drug-likeness (QED) is 0.488. The normalized spacial score (nSPS) is 16.4. The van der Waals surface area contributed by atoms with Gasteiger partial charge < -0.3 is 23.5 Å². The molecule has 7 heteroatoms. The van der Waals surface area contributed by atoms with Gasteiger partial charge in [-0.15, -0.1) is 11.3 Å². The number of methoxy groups -OCH3 is 3. The highest BCUT2D eigenvalue weighted by Gasteiger charge is 2.21. The van der Waals surface area contributed by atoms with Crippen LogP contribution in [0.15, 0.2) is 40.7 Å². The third-order valence-corrected chi connectivity index (χ3v) is 6.68. The molecule has 4 rings (SSSR count). The predicted molar refractivity (Wildman–Crippen MR) is 128 cm³/mol. The molecular weight excluding hydrogens is 424 g/mol. The van der Waals surface area contributed by atoms with Crippen molar-refractivity contribution in [2.75, 3.05) is 27.9 Å². The lowest BCUT2D eigenvalue weighted by molar-refractivity contribution is 0.0968. The minimum Gasteiger partial charge on any atom is -0.493 e. The van der Waals surface area contributed by atoms with E-state index in [1.54, 1.807) is 32.7 Å². The van der Waals surface area contributed by atoms with Crippen molar-refractivity contribution in [3.8, 4) is 28.5 Å². The molecule has 6 nitrogen and oxygen atoms in total. The van der Waals surface area contributed by atoms with Crippen LogP contribution in [0, 0.1) is 13.8 Å². The van der Waals surface area contributed by atoms with Gasteiger partial charge in [-0.1, -0.05) is 18.2 Å². The largest absolute Gasteiger partial charge is 0.493 e. The Morgan fingerprint density at radius 3 is 2.31 bits per heavy atom. The number of nitrogens with zero attached hydrogens (tertiary/aromatic N) is 2. The molecule has 0 amide bonds. The predicted octanol–water partition coefficient (Wildman–Crippen LogP) is 5.27. The number of ether oxygens (including phenoxy) is 4. The molecule has 1 saturated heterocycles. The summed E-state index contributed by atoms with van der Waals surface area (Å²) in [5.41, 5.74) is 5.38. The Hall–Kier alpha value is -2.77. The highest BCUT2D eigenvalue weighted by molar-refractivity contribution is 7.07. The highest BCUT2D eigenvalue weighted by atomic mass is 32.1. The summed E-state index contributed by atoms with van der Waals surface area (Å²) in [5.74, 6) is 1.84. The standard InChI is InChI=1S/C25H30N2O4S/c1-16-8-6-9-17(2)23(16)26-25-27(14-19-10-7-11-31-19)20(15-32-25)18-12-21(28-3)24(30-5)22(13-18)29-4/h6,8-9,12-13,15,19H,7,10-11,14H2,1-5H3/t19-/m1/s1. The Labute approximate surface area is 193 Å². The fraction of sp³-hybridized carbons (Fsp3) is 0.400. The van der Waals surface area contributed by atoms with Crippen LogP contribution in [0.1, 0.15) is 24.0 Å². The van der Waals surface area contributed by atoms with E-state index < -0.39 is 0 Å². The zero-order valence-electron chi connectivity index (χ0n) is 19.3. The van der Waals surface area contributed by atoms with Gasteiger partial charge in [0.2, 0.25) is 5.75 Å². The first-order chi connectivity index (χ1) is 15.5. The summed E-state index contributed by atoms with van der Waals surface area (Å²) in [6, 6.07) is 10.2. The maximum absolute atomic E-state index is 5.97. The van der Waals surface area contributed by atoms with Gasteiger partial charge in [0.05, 0.1) is 45.4 Å². The van der Waals surface area contributed by atoms with Gasteiger partial charge in [0.15, 0.2) is 16.3 Å². The SMILES string of the molecule is COc1cc(-c2csc(=Nc3c(C)cccc3C)n2C[C@H]2CCCO2)cc(OC)c1OC. The van der Waals surface area contributed by atoms with Crippen molar-refractivity contribution in [3.63, 3.8) is 0 Å². The van der Waals surface area contributed by atoms with Gasteiger partial charge in [-0.05, 0) is 49.9 Å². The van der Waals surface area contributed by atoms with Crippen molar-refractivity contribution < 1.29 is 18.9 Å². The zero-order chi connectivity index (χ0) is 22.7. The Balaban J connectivity index is 1.89. The van der Waals surface area contributed by atoms with Gasteiger partial charge in [0.1, 0.15) is 0 Å². The number of rotatable bonds is 7. The van der Waals surface area contributed by atoms with Gasteiger partial charge in [-0.25, -0.2) is 4.99 Å². The number of aromatic nitrogens is 1. The van der Waals surface area contributed by atoms with Crippen LogP contribution in [0.2, 0.25) is 0 Å². The van der Waals surface area contributed by atoms with Crippen LogP contribution < -0.4 is 19.0 Å². The molecule has 0 unspecified atom stereocenters. The molecule has 170 valence electrons. The van der Waals surface area contributed by atoms with Crippen molar-refractivity contribution in [1.82, 2.24) is 4.57 Å². The molecule has 1 aliphatic rings. The molecule has 2 heterocycles. The average Bonchev–Trinajstić information content (AvgIpc) is 3.46. The van der Waals surface area contributed by atoms with Gasteiger partial charge in [0, 0.05) is 17.6 Å². The second kappa shape index (κ2) is 9.79. The van der Waals surface area contributed by atoms with Gasteiger partial charge >= 0.3 is 0 Å². The van der Waals surface area contributed by atoms with E-state index in [1.807, 2.05) is 12.1 Å². The molecule has 0 N–H and O–H groups in total. The molecule has 1 atom stereocenters. The van der Waals surface area contributed by atoms with Crippen molar-refractivity contribution in [1.29, 1.82) is 0 Å². The van der Waals surface area contributed by atoms with Crippen molar-refractivity contribution in [2.24, 2.45) is 4.99 Å². The van der Waals surface area contributed by atoms with Crippen LogP contribution in [0.25, 0.3) is 11.3 Å². The Bertz CT molecular complexity index is 1110. The molecule has 3 aromatic rings. The number of aryl methyl sites for hydroxylation is 2. The van der Waals surface area contributed by atoms with Crippen LogP contribution in [0.4, 0.5) is 5.69 Å². The van der Waals surface area contributed by atoms with E-state index in [0.717, 1.165) is 58.9 Å². The molecule has 0 saturated carbocycles. The van der Waals surface area contributed by atoms with E-state index >= 15 is 0 Å². The van der Waals surface area contributed by atoms with Crippen molar-refractivity contribution >= 4 is 17.0 Å². The first-order valence-electron chi connectivity index (χ1n) is 10.8. The van der Waals surface area contributed by atoms with Crippen LogP contribution in [0.5, 0.6) is 17.2 Å². The molecule has 0 radical (unpaired) electrons. The summed E-state index contributed by atoms with van der Waals surface area (Å²) in [6.07, 6.45) is 2.33. The first kappa shape index (κ1) is 22.4. The second-order valence-corrected chi connectivity index (χ2v) is 8.75. The van der Waals surface area contributed by atoms with Crippen molar-refractivity contribution in [2.45, 2.75) is 39.3 Å². The minimum atomic E-state index is 0.183. The molecule has 2 aromatic carbocycles. The van der Waals surface area contributed by atoms with E-state index in [-0.39, 0.29) is 6.10 Å². The van der Waals surface area contributed by atoms with Crippen LogP contribution in [-0.2, 0) is 11.3 Å². The summed E-state index contributed by atoms with van der Waals surface area (Å²) in [5, 5.41) is 2.14. The molecule has 0 spiro atoms. The number of hydrogen-bond donors (Lipinski definition) is 0.